The van der Waals surface area contributed by atoms with E-state index in [2.05, 4.69) is 18.8 Å². The van der Waals surface area contributed by atoms with Gasteiger partial charge in [0.1, 0.15) is 11.4 Å². The van der Waals surface area contributed by atoms with Crippen LogP contribution in [0.25, 0.3) is 0 Å². The summed E-state index contributed by atoms with van der Waals surface area (Å²) in [5, 5.41) is 10.4. The molecular weight excluding hydrogens is 226 g/mol. The van der Waals surface area contributed by atoms with E-state index in [9.17, 15) is 5.11 Å². The van der Waals surface area contributed by atoms with Gasteiger partial charge in [-0.05, 0) is 19.4 Å². The number of para-hydroxylation sites is 1. The minimum atomic E-state index is -1.24. The Morgan fingerprint density at radius 2 is 2.17 bits per heavy atom. The number of nitrogen functional groups attached to an aromatic ring is 1. The number of unbranched alkanes of at least 4 members (excludes halogenated alkanes) is 2. The molecule has 3 nitrogen and oxygen atoms in total. The number of methoxy groups -OCH3 is 1. The van der Waals surface area contributed by atoms with E-state index < -0.39 is 5.60 Å². The molecule has 1 aromatic carbocycles. The van der Waals surface area contributed by atoms with Gasteiger partial charge < -0.3 is 15.6 Å². The predicted molar refractivity (Wildman–Crippen MR) is 74.3 cm³/mol. The average molecular weight is 247 g/mol. The minimum absolute atomic E-state index is 0.440. The summed E-state index contributed by atoms with van der Waals surface area (Å²) in [5.74, 6) is 6.42. The van der Waals surface area contributed by atoms with Crippen molar-refractivity contribution in [3.63, 3.8) is 0 Å². The summed E-state index contributed by atoms with van der Waals surface area (Å²) < 4.78 is 5.14. The molecule has 0 fully saturated rings. The van der Waals surface area contributed by atoms with Crippen LogP contribution >= 0.6 is 0 Å². The molecule has 0 saturated heterocycles. The maximum atomic E-state index is 10.4. The molecule has 0 heterocycles. The lowest BCUT2D eigenvalue weighted by atomic mass is 9.94. The van der Waals surface area contributed by atoms with E-state index in [0.717, 1.165) is 19.3 Å². The summed E-state index contributed by atoms with van der Waals surface area (Å²) in [6.07, 6.45) is 2.92. The van der Waals surface area contributed by atoms with Crippen molar-refractivity contribution in [1.29, 1.82) is 0 Å². The van der Waals surface area contributed by atoms with E-state index in [-0.39, 0.29) is 0 Å². The second-order valence-corrected chi connectivity index (χ2v) is 4.40. The van der Waals surface area contributed by atoms with Gasteiger partial charge >= 0.3 is 0 Å². The summed E-state index contributed by atoms with van der Waals surface area (Å²) in [6.45, 7) is 3.76. The van der Waals surface area contributed by atoms with Crippen LogP contribution in [0, 0.1) is 11.8 Å². The Morgan fingerprint density at radius 1 is 1.44 bits per heavy atom. The second-order valence-electron chi connectivity index (χ2n) is 4.40. The highest BCUT2D eigenvalue weighted by Crippen LogP contribution is 2.32. The summed E-state index contributed by atoms with van der Waals surface area (Å²) in [5.41, 5.74) is 5.74. The molecule has 1 atom stereocenters. The molecule has 0 aromatic heterocycles. The predicted octanol–water partition coefficient (Wildman–Crippen LogP) is 2.68. The van der Waals surface area contributed by atoms with Crippen LogP contribution in [0.2, 0.25) is 0 Å². The van der Waals surface area contributed by atoms with Gasteiger partial charge in [-0.3, -0.25) is 0 Å². The van der Waals surface area contributed by atoms with Crippen LogP contribution in [-0.4, -0.2) is 12.2 Å². The number of hydrogen-bond acceptors (Lipinski definition) is 3. The van der Waals surface area contributed by atoms with Crippen LogP contribution in [0.3, 0.4) is 0 Å². The van der Waals surface area contributed by atoms with Crippen molar-refractivity contribution in [3.05, 3.63) is 23.8 Å². The average Bonchev–Trinajstić information content (AvgIpc) is 2.35. The zero-order chi connectivity index (χ0) is 13.6. The van der Waals surface area contributed by atoms with Crippen molar-refractivity contribution in [2.24, 2.45) is 0 Å². The summed E-state index contributed by atoms with van der Waals surface area (Å²) in [7, 11) is 1.55. The zero-order valence-corrected chi connectivity index (χ0v) is 11.3. The monoisotopic (exact) mass is 247 g/mol. The molecule has 0 amide bonds. The van der Waals surface area contributed by atoms with Gasteiger partial charge in [-0.15, -0.1) is 0 Å². The van der Waals surface area contributed by atoms with E-state index in [0.29, 0.717) is 17.0 Å². The fourth-order valence-electron chi connectivity index (χ4n) is 1.71. The first-order valence-corrected chi connectivity index (χ1v) is 6.18. The van der Waals surface area contributed by atoms with Crippen molar-refractivity contribution in [2.75, 3.05) is 12.8 Å². The van der Waals surface area contributed by atoms with E-state index >= 15 is 0 Å². The van der Waals surface area contributed by atoms with E-state index in [4.69, 9.17) is 10.5 Å². The fraction of sp³-hybridized carbons (Fsp3) is 0.467. The molecule has 0 aliphatic carbocycles. The molecule has 1 rings (SSSR count). The van der Waals surface area contributed by atoms with Crippen LogP contribution in [0.15, 0.2) is 18.2 Å². The van der Waals surface area contributed by atoms with Crippen molar-refractivity contribution in [3.8, 4) is 17.6 Å². The molecule has 0 aliphatic heterocycles. The molecule has 98 valence electrons. The maximum Gasteiger partial charge on any atom is 0.150 e. The lowest BCUT2D eigenvalue weighted by Gasteiger charge is -2.20. The Labute approximate surface area is 109 Å². The first kappa shape index (κ1) is 14.4. The van der Waals surface area contributed by atoms with Crippen LogP contribution in [0.1, 0.15) is 38.7 Å². The number of rotatable bonds is 4. The number of hydrogen-bond donors (Lipinski definition) is 2. The van der Waals surface area contributed by atoms with Crippen molar-refractivity contribution in [2.45, 2.75) is 38.7 Å². The highest BCUT2D eigenvalue weighted by atomic mass is 16.5. The Hall–Kier alpha value is -1.66. The van der Waals surface area contributed by atoms with Crippen LogP contribution < -0.4 is 10.5 Å². The Kier molecular flexibility index (Phi) is 5.06. The first-order valence-electron chi connectivity index (χ1n) is 6.18. The number of anilines is 1. The van der Waals surface area contributed by atoms with Gasteiger partial charge in [0, 0.05) is 12.0 Å². The molecule has 0 radical (unpaired) electrons. The Morgan fingerprint density at radius 3 is 2.78 bits per heavy atom. The normalized spacial score (nSPS) is 13.3. The van der Waals surface area contributed by atoms with Crippen LogP contribution in [0.4, 0.5) is 5.69 Å². The van der Waals surface area contributed by atoms with Gasteiger partial charge in [0.15, 0.2) is 0 Å². The summed E-state index contributed by atoms with van der Waals surface area (Å²) in [6, 6.07) is 5.33. The maximum absolute atomic E-state index is 10.4. The van der Waals surface area contributed by atoms with Crippen LogP contribution in [0.5, 0.6) is 5.75 Å². The standard InChI is InChI=1S/C15H21NO2/c1-4-5-6-7-11-15(2,17)12-9-8-10-13(18-3)14(12)16/h8-10,17H,4-6,16H2,1-3H3. The molecule has 1 unspecified atom stereocenters. The second kappa shape index (κ2) is 6.32. The number of benzene rings is 1. The topological polar surface area (TPSA) is 55.5 Å². The largest absolute Gasteiger partial charge is 0.495 e. The molecule has 0 saturated carbocycles. The number of ether oxygens (including phenoxy) is 1. The molecule has 18 heavy (non-hydrogen) atoms. The molecule has 0 bridgehead atoms. The van der Waals surface area contributed by atoms with Crippen molar-refractivity contribution in [1.82, 2.24) is 0 Å². The Balaban J connectivity index is 2.99. The lowest BCUT2D eigenvalue weighted by molar-refractivity contribution is 0.122. The smallest absolute Gasteiger partial charge is 0.150 e. The Bertz CT molecular complexity index is 455. The van der Waals surface area contributed by atoms with Crippen molar-refractivity contribution < 1.29 is 9.84 Å². The number of aliphatic hydroxyl groups is 1. The van der Waals surface area contributed by atoms with E-state index in [1.807, 2.05) is 0 Å². The van der Waals surface area contributed by atoms with Gasteiger partial charge in [-0.25, -0.2) is 0 Å². The molecule has 3 N–H and O–H groups in total. The quantitative estimate of drug-likeness (QED) is 0.488. The lowest BCUT2D eigenvalue weighted by Crippen LogP contribution is -2.20. The summed E-state index contributed by atoms with van der Waals surface area (Å²) >= 11 is 0. The highest BCUT2D eigenvalue weighted by Gasteiger charge is 2.24. The minimum Gasteiger partial charge on any atom is -0.495 e. The van der Waals surface area contributed by atoms with Gasteiger partial charge in [0.2, 0.25) is 0 Å². The first-order chi connectivity index (χ1) is 8.53. The van der Waals surface area contributed by atoms with Gasteiger partial charge in [0.25, 0.3) is 0 Å². The molecule has 3 heteroatoms. The SMILES string of the molecule is CCCCC#CC(C)(O)c1cccc(OC)c1N. The van der Waals surface area contributed by atoms with E-state index in [1.165, 1.54) is 0 Å². The third-order valence-electron chi connectivity index (χ3n) is 2.80. The fourth-order valence-corrected chi connectivity index (χ4v) is 1.71. The summed E-state index contributed by atoms with van der Waals surface area (Å²) in [4.78, 5) is 0. The molecule has 1 aromatic rings. The van der Waals surface area contributed by atoms with Gasteiger partial charge in [-0.2, -0.15) is 0 Å². The van der Waals surface area contributed by atoms with E-state index in [1.54, 1.807) is 32.2 Å². The van der Waals surface area contributed by atoms with Crippen molar-refractivity contribution >= 4 is 5.69 Å². The molecule has 0 aliphatic rings. The molecular formula is C15H21NO2. The highest BCUT2D eigenvalue weighted by molar-refractivity contribution is 5.61. The number of nitrogens with two attached hydrogens (primary N) is 1. The third kappa shape index (κ3) is 3.41. The third-order valence-corrected chi connectivity index (χ3v) is 2.80. The molecule has 0 spiro atoms. The van der Waals surface area contributed by atoms with Gasteiger partial charge in [0.05, 0.1) is 12.8 Å². The van der Waals surface area contributed by atoms with Gasteiger partial charge in [-0.1, -0.05) is 37.3 Å². The zero-order valence-electron chi connectivity index (χ0n) is 11.3. The van der Waals surface area contributed by atoms with Crippen LogP contribution in [-0.2, 0) is 5.60 Å².